The van der Waals surface area contributed by atoms with Crippen molar-refractivity contribution in [3.8, 4) is 0 Å². The fourth-order valence-electron chi connectivity index (χ4n) is 4.24. The second-order valence-electron chi connectivity index (χ2n) is 7.46. The molecule has 1 spiro atoms. The molecule has 1 aromatic rings. The third-order valence-electron chi connectivity index (χ3n) is 5.46. The minimum atomic E-state index is -0.816. The lowest BCUT2D eigenvalue weighted by Gasteiger charge is -2.48. The Morgan fingerprint density at radius 2 is 2.00 bits per heavy atom. The van der Waals surface area contributed by atoms with Gasteiger partial charge in [0, 0.05) is 44.6 Å². The summed E-state index contributed by atoms with van der Waals surface area (Å²) in [6.07, 6.45) is 4.19. The lowest BCUT2D eigenvalue weighted by atomic mass is 9.73. The Kier molecular flexibility index (Phi) is 5.69. The number of halogens is 2. The van der Waals surface area contributed by atoms with E-state index in [1.54, 1.807) is 6.07 Å². The highest BCUT2D eigenvalue weighted by atomic mass is 19.2. The summed E-state index contributed by atoms with van der Waals surface area (Å²) in [5.74, 6) is -1.44. The molecular formula is C19H26F2N2O2. The fraction of sp³-hybridized carbons (Fsp3) is 0.632. The fourth-order valence-corrected chi connectivity index (χ4v) is 4.24. The third kappa shape index (κ3) is 4.36. The number of hydrogen-bond acceptors (Lipinski definition) is 3. The monoisotopic (exact) mass is 352 g/mol. The molecule has 1 amide bonds. The first-order chi connectivity index (χ1) is 12.0. The van der Waals surface area contributed by atoms with Crippen molar-refractivity contribution in [1.82, 2.24) is 9.80 Å². The second kappa shape index (κ2) is 7.79. The minimum Gasteiger partial charge on any atom is -0.396 e. The first-order valence-corrected chi connectivity index (χ1v) is 9.06. The molecule has 3 rings (SSSR count). The van der Waals surface area contributed by atoms with Crippen molar-refractivity contribution in [3.05, 3.63) is 35.4 Å². The zero-order chi connectivity index (χ0) is 17.9. The Bertz CT molecular complexity index is 625. The van der Waals surface area contributed by atoms with E-state index in [0.717, 1.165) is 44.5 Å². The molecule has 0 radical (unpaired) electrons. The van der Waals surface area contributed by atoms with E-state index in [9.17, 15) is 13.6 Å². The van der Waals surface area contributed by atoms with E-state index < -0.39 is 11.6 Å². The summed E-state index contributed by atoms with van der Waals surface area (Å²) in [4.78, 5) is 16.3. The molecule has 0 saturated carbocycles. The number of benzene rings is 1. The maximum absolute atomic E-state index is 13.4. The minimum absolute atomic E-state index is 0.0835. The number of likely N-dealkylation sites (tertiary alicyclic amines) is 2. The van der Waals surface area contributed by atoms with Gasteiger partial charge < -0.3 is 10.0 Å². The first-order valence-electron chi connectivity index (χ1n) is 9.06. The molecule has 25 heavy (non-hydrogen) atoms. The lowest BCUT2D eigenvalue weighted by Crippen LogP contribution is -2.54. The maximum Gasteiger partial charge on any atom is 0.222 e. The number of hydrogen-bond donors (Lipinski definition) is 1. The quantitative estimate of drug-likeness (QED) is 0.886. The predicted octanol–water partition coefficient (Wildman–Crippen LogP) is 2.55. The molecule has 1 aromatic carbocycles. The van der Waals surface area contributed by atoms with Crippen LogP contribution in [-0.4, -0.2) is 53.6 Å². The van der Waals surface area contributed by atoms with E-state index in [4.69, 9.17) is 5.11 Å². The zero-order valence-electron chi connectivity index (χ0n) is 14.5. The van der Waals surface area contributed by atoms with Gasteiger partial charge in [-0.3, -0.25) is 9.69 Å². The highest BCUT2D eigenvalue weighted by Gasteiger charge is 2.41. The van der Waals surface area contributed by atoms with Gasteiger partial charge in [0.05, 0.1) is 0 Å². The highest BCUT2D eigenvalue weighted by Crippen LogP contribution is 2.39. The maximum atomic E-state index is 13.4. The van der Waals surface area contributed by atoms with Crippen LogP contribution in [0.3, 0.4) is 0 Å². The van der Waals surface area contributed by atoms with Crippen molar-refractivity contribution in [2.75, 3.05) is 32.8 Å². The molecule has 1 N–H and O–H groups in total. The summed E-state index contributed by atoms with van der Waals surface area (Å²) in [6, 6.07) is 4.09. The Labute approximate surface area is 147 Å². The number of aliphatic hydroxyl groups excluding tert-OH is 1. The van der Waals surface area contributed by atoms with Gasteiger partial charge in [0.15, 0.2) is 11.6 Å². The Hall–Kier alpha value is -1.53. The molecule has 0 unspecified atom stereocenters. The predicted molar refractivity (Wildman–Crippen MR) is 90.8 cm³/mol. The van der Waals surface area contributed by atoms with Crippen molar-refractivity contribution < 1.29 is 18.7 Å². The van der Waals surface area contributed by atoms with Crippen LogP contribution in [0.2, 0.25) is 0 Å². The van der Waals surface area contributed by atoms with Crippen molar-refractivity contribution in [1.29, 1.82) is 0 Å². The van der Waals surface area contributed by atoms with Gasteiger partial charge in [0.25, 0.3) is 0 Å². The molecule has 2 fully saturated rings. The molecule has 0 aliphatic carbocycles. The third-order valence-corrected chi connectivity index (χ3v) is 5.46. The lowest BCUT2D eigenvalue weighted by molar-refractivity contribution is -0.139. The molecule has 2 aliphatic rings. The van der Waals surface area contributed by atoms with Gasteiger partial charge in [0.1, 0.15) is 0 Å². The van der Waals surface area contributed by atoms with E-state index in [-0.39, 0.29) is 17.9 Å². The number of carbonyl (C=O) groups excluding carboxylic acids is 1. The number of carbonyl (C=O) groups is 1. The van der Waals surface area contributed by atoms with Crippen LogP contribution >= 0.6 is 0 Å². The van der Waals surface area contributed by atoms with E-state index in [0.29, 0.717) is 25.9 Å². The summed E-state index contributed by atoms with van der Waals surface area (Å²) < 4.78 is 26.5. The van der Waals surface area contributed by atoms with Gasteiger partial charge in [-0.15, -0.1) is 0 Å². The first kappa shape index (κ1) is 18.3. The molecule has 138 valence electrons. The smallest absolute Gasteiger partial charge is 0.222 e. The van der Waals surface area contributed by atoms with E-state index in [1.807, 2.05) is 4.90 Å². The number of nitrogens with zero attached hydrogens (tertiary/aromatic N) is 2. The molecule has 2 heterocycles. The van der Waals surface area contributed by atoms with Crippen molar-refractivity contribution in [3.63, 3.8) is 0 Å². The van der Waals surface area contributed by atoms with E-state index >= 15 is 0 Å². The van der Waals surface area contributed by atoms with Crippen LogP contribution in [0.25, 0.3) is 0 Å². The molecule has 0 aromatic heterocycles. The van der Waals surface area contributed by atoms with Crippen LogP contribution in [-0.2, 0) is 11.3 Å². The van der Waals surface area contributed by atoms with Gasteiger partial charge in [-0.1, -0.05) is 6.07 Å². The van der Waals surface area contributed by atoms with Gasteiger partial charge in [0.2, 0.25) is 5.91 Å². The number of amides is 1. The average molecular weight is 352 g/mol. The highest BCUT2D eigenvalue weighted by molar-refractivity contribution is 5.77. The normalized spacial score (nSPS) is 24.9. The summed E-state index contributed by atoms with van der Waals surface area (Å²) in [5.41, 5.74) is 0.861. The number of aliphatic hydroxyl groups is 1. The summed E-state index contributed by atoms with van der Waals surface area (Å²) in [5, 5.41) is 9.03. The number of piperidine rings is 2. The van der Waals surface area contributed by atoms with Gasteiger partial charge in [-0.25, -0.2) is 8.78 Å². The van der Waals surface area contributed by atoms with Crippen LogP contribution in [0.1, 0.15) is 37.7 Å². The second-order valence-corrected chi connectivity index (χ2v) is 7.46. The summed E-state index contributed by atoms with van der Waals surface area (Å²) in [6.45, 7) is 3.85. The van der Waals surface area contributed by atoms with E-state index in [2.05, 4.69) is 4.90 Å². The van der Waals surface area contributed by atoms with Gasteiger partial charge in [-0.05, 0) is 49.9 Å². The van der Waals surface area contributed by atoms with Crippen molar-refractivity contribution in [2.24, 2.45) is 5.41 Å². The molecule has 2 aliphatic heterocycles. The van der Waals surface area contributed by atoms with Crippen LogP contribution in [0.5, 0.6) is 0 Å². The van der Waals surface area contributed by atoms with Crippen molar-refractivity contribution >= 4 is 5.91 Å². The molecule has 2 saturated heterocycles. The molecule has 4 nitrogen and oxygen atoms in total. The molecule has 6 heteroatoms. The average Bonchev–Trinajstić information content (AvgIpc) is 2.59. The van der Waals surface area contributed by atoms with Crippen LogP contribution < -0.4 is 0 Å². The SMILES string of the molecule is O=C1CC[C@]2(CCCN(Cc3ccc(F)c(F)c3)C2)CN1CCCO. The van der Waals surface area contributed by atoms with Crippen LogP contribution in [0.4, 0.5) is 8.78 Å². The Morgan fingerprint density at radius 3 is 2.76 bits per heavy atom. The van der Waals surface area contributed by atoms with Gasteiger partial charge >= 0.3 is 0 Å². The number of rotatable bonds is 5. The Balaban J connectivity index is 1.65. The standard InChI is InChI=1S/C19H26F2N2O2/c20-16-4-3-15(11-17(16)21)12-22-8-1-6-19(13-22)7-5-18(25)23(14-19)9-2-10-24/h3-4,11,24H,1-2,5-10,12-14H2/t19-/m0/s1. The molecule has 1 atom stereocenters. The van der Waals surface area contributed by atoms with Gasteiger partial charge in [-0.2, -0.15) is 0 Å². The Morgan fingerprint density at radius 1 is 1.16 bits per heavy atom. The molecule has 0 bridgehead atoms. The van der Waals surface area contributed by atoms with E-state index in [1.165, 1.54) is 12.1 Å². The zero-order valence-corrected chi connectivity index (χ0v) is 14.5. The largest absolute Gasteiger partial charge is 0.396 e. The van der Waals surface area contributed by atoms with Crippen LogP contribution in [0, 0.1) is 17.0 Å². The van der Waals surface area contributed by atoms with Crippen molar-refractivity contribution in [2.45, 2.75) is 38.6 Å². The molecular weight excluding hydrogens is 326 g/mol. The summed E-state index contributed by atoms with van der Waals surface area (Å²) >= 11 is 0. The summed E-state index contributed by atoms with van der Waals surface area (Å²) in [7, 11) is 0. The van der Waals surface area contributed by atoms with Crippen LogP contribution in [0.15, 0.2) is 18.2 Å². The topological polar surface area (TPSA) is 43.8 Å².